The summed E-state index contributed by atoms with van der Waals surface area (Å²) >= 11 is 0. The molecule has 0 aliphatic heterocycles. The van der Waals surface area contributed by atoms with Gasteiger partial charge >= 0.3 is 0 Å². The SMILES string of the molecule is COc1ccc(CC[C@@H](N)C(=O)N[C@@H](C)C(=O)NCc2ccc(C(=N)N)cc2)c(OC)c1. The molecule has 32 heavy (non-hydrogen) atoms. The number of ether oxygens (including phenoxy) is 2. The quantitative estimate of drug-likeness (QED) is 0.260. The van der Waals surface area contributed by atoms with Gasteiger partial charge in [-0.3, -0.25) is 15.0 Å². The van der Waals surface area contributed by atoms with Gasteiger partial charge in [0, 0.05) is 18.2 Å². The summed E-state index contributed by atoms with van der Waals surface area (Å²) in [6, 6.07) is 11.0. The highest BCUT2D eigenvalue weighted by Gasteiger charge is 2.20. The van der Waals surface area contributed by atoms with Gasteiger partial charge in [0.2, 0.25) is 11.8 Å². The van der Waals surface area contributed by atoms with Gasteiger partial charge in [0.1, 0.15) is 23.4 Å². The van der Waals surface area contributed by atoms with Gasteiger partial charge in [0.25, 0.3) is 0 Å². The first kappa shape index (κ1) is 24.7. The topological polar surface area (TPSA) is 153 Å². The van der Waals surface area contributed by atoms with Crippen molar-refractivity contribution in [2.75, 3.05) is 14.2 Å². The summed E-state index contributed by atoms with van der Waals surface area (Å²) in [6.07, 6.45) is 0.934. The second-order valence-electron chi connectivity index (χ2n) is 7.38. The van der Waals surface area contributed by atoms with E-state index in [9.17, 15) is 9.59 Å². The second-order valence-corrected chi connectivity index (χ2v) is 7.38. The molecule has 0 unspecified atom stereocenters. The van der Waals surface area contributed by atoms with E-state index >= 15 is 0 Å². The number of aryl methyl sites for hydroxylation is 1. The predicted molar refractivity (Wildman–Crippen MR) is 123 cm³/mol. The molecule has 0 saturated heterocycles. The van der Waals surface area contributed by atoms with Crippen molar-refractivity contribution >= 4 is 17.6 Å². The minimum atomic E-state index is -0.767. The highest BCUT2D eigenvalue weighted by molar-refractivity contribution is 5.94. The number of rotatable bonds is 11. The summed E-state index contributed by atoms with van der Waals surface area (Å²) in [5.41, 5.74) is 13.8. The van der Waals surface area contributed by atoms with E-state index in [0.717, 1.165) is 11.1 Å². The number of amides is 2. The molecule has 0 aliphatic rings. The van der Waals surface area contributed by atoms with Crippen LogP contribution in [-0.2, 0) is 22.6 Å². The van der Waals surface area contributed by atoms with Gasteiger partial charge in [0.15, 0.2) is 0 Å². The maximum Gasteiger partial charge on any atom is 0.242 e. The number of nitrogens with two attached hydrogens (primary N) is 2. The molecule has 2 atom stereocenters. The number of nitrogen functional groups attached to an aromatic ring is 1. The first-order valence-corrected chi connectivity index (χ1v) is 10.2. The molecule has 0 saturated carbocycles. The van der Waals surface area contributed by atoms with Crippen molar-refractivity contribution in [3.8, 4) is 11.5 Å². The molecule has 2 aromatic carbocycles. The number of hydrogen-bond acceptors (Lipinski definition) is 6. The van der Waals surface area contributed by atoms with Gasteiger partial charge in [-0.15, -0.1) is 0 Å². The maximum absolute atomic E-state index is 12.4. The zero-order valence-electron chi connectivity index (χ0n) is 18.6. The van der Waals surface area contributed by atoms with E-state index in [-0.39, 0.29) is 11.7 Å². The molecule has 9 heteroatoms. The lowest BCUT2D eigenvalue weighted by Crippen LogP contribution is -2.50. The third kappa shape index (κ3) is 6.98. The van der Waals surface area contributed by atoms with Gasteiger partial charge in [-0.05, 0) is 37.0 Å². The fourth-order valence-electron chi connectivity index (χ4n) is 3.03. The Morgan fingerprint density at radius 3 is 2.34 bits per heavy atom. The van der Waals surface area contributed by atoms with Crippen LogP contribution in [0.3, 0.4) is 0 Å². The van der Waals surface area contributed by atoms with E-state index in [1.807, 2.05) is 12.1 Å². The minimum Gasteiger partial charge on any atom is -0.497 e. The molecule has 9 nitrogen and oxygen atoms in total. The Bertz CT molecular complexity index is 946. The highest BCUT2D eigenvalue weighted by Crippen LogP contribution is 2.25. The molecule has 0 aliphatic carbocycles. The number of carbonyl (C=O) groups is 2. The molecular formula is C23H31N5O4. The van der Waals surface area contributed by atoms with Crippen molar-refractivity contribution in [3.05, 3.63) is 59.2 Å². The average Bonchev–Trinajstić information content (AvgIpc) is 2.80. The van der Waals surface area contributed by atoms with E-state index in [0.29, 0.717) is 36.4 Å². The van der Waals surface area contributed by atoms with Crippen LogP contribution in [0.25, 0.3) is 0 Å². The molecule has 0 heterocycles. The van der Waals surface area contributed by atoms with E-state index in [1.54, 1.807) is 51.5 Å². The van der Waals surface area contributed by atoms with Gasteiger partial charge < -0.3 is 31.6 Å². The summed E-state index contributed by atoms with van der Waals surface area (Å²) < 4.78 is 10.6. The van der Waals surface area contributed by atoms with Crippen molar-refractivity contribution in [2.45, 2.75) is 38.4 Å². The zero-order chi connectivity index (χ0) is 23.7. The molecule has 0 radical (unpaired) electrons. The number of hydrogen-bond donors (Lipinski definition) is 5. The molecular weight excluding hydrogens is 410 g/mol. The molecule has 2 rings (SSSR count). The van der Waals surface area contributed by atoms with Crippen LogP contribution >= 0.6 is 0 Å². The van der Waals surface area contributed by atoms with Crippen LogP contribution in [0.5, 0.6) is 11.5 Å². The molecule has 0 aromatic heterocycles. The Morgan fingerprint density at radius 1 is 1.06 bits per heavy atom. The Labute approximate surface area is 188 Å². The van der Waals surface area contributed by atoms with Crippen LogP contribution in [0, 0.1) is 5.41 Å². The van der Waals surface area contributed by atoms with Crippen molar-refractivity contribution in [1.82, 2.24) is 10.6 Å². The maximum atomic E-state index is 12.4. The first-order chi connectivity index (χ1) is 15.2. The summed E-state index contributed by atoms with van der Waals surface area (Å²) in [5, 5.41) is 12.8. The monoisotopic (exact) mass is 441 g/mol. The van der Waals surface area contributed by atoms with Gasteiger partial charge in [-0.2, -0.15) is 0 Å². The van der Waals surface area contributed by atoms with Crippen molar-refractivity contribution in [1.29, 1.82) is 5.41 Å². The minimum absolute atomic E-state index is 0.0151. The molecule has 0 spiro atoms. The number of methoxy groups -OCH3 is 2. The lowest BCUT2D eigenvalue weighted by Gasteiger charge is -2.18. The lowest BCUT2D eigenvalue weighted by atomic mass is 10.0. The van der Waals surface area contributed by atoms with Gasteiger partial charge in [0.05, 0.1) is 20.3 Å². The van der Waals surface area contributed by atoms with E-state index in [2.05, 4.69) is 10.6 Å². The third-order valence-corrected chi connectivity index (χ3v) is 5.04. The summed E-state index contributed by atoms with van der Waals surface area (Å²) in [6.45, 7) is 1.89. The summed E-state index contributed by atoms with van der Waals surface area (Å²) in [5.74, 6) is 0.617. The third-order valence-electron chi connectivity index (χ3n) is 5.04. The van der Waals surface area contributed by atoms with E-state index in [4.69, 9.17) is 26.4 Å². The number of amidine groups is 1. The second kappa shape index (κ2) is 11.7. The molecule has 2 amide bonds. The predicted octanol–water partition coefficient (Wildman–Crippen LogP) is 1.07. The van der Waals surface area contributed by atoms with E-state index < -0.39 is 18.0 Å². The first-order valence-electron chi connectivity index (χ1n) is 10.2. The van der Waals surface area contributed by atoms with Crippen molar-refractivity contribution in [2.24, 2.45) is 11.5 Å². The highest BCUT2D eigenvalue weighted by atomic mass is 16.5. The zero-order valence-corrected chi connectivity index (χ0v) is 18.6. The van der Waals surface area contributed by atoms with Crippen LogP contribution in [0.1, 0.15) is 30.0 Å². The average molecular weight is 442 g/mol. The largest absolute Gasteiger partial charge is 0.497 e. The summed E-state index contributed by atoms with van der Waals surface area (Å²) in [4.78, 5) is 24.7. The van der Waals surface area contributed by atoms with Crippen LogP contribution in [0.15, 0.2) is 42.5 Å². The van der Waals surface area contributed by atoms with Crippen LogP contribution in [0.2, 0.25) is 0 Å². The number of carbonyl (C=O) groups excluding carboxylic acids is 2. The van der Waals surface area contributed by atoms with Crippen LogP contribution in [0.4, 0.5) is 0 Å². The molecule has 7 N–H and O–H groups in total. The Balaban J connectivity index is 1.81. The molecule has 172 valence electrons. The lowest BCUT2D eigenvalue weighted by molar-refractivity contribution is -0.129. The van der Waals surface area contributed by atoms with Crippen LogP contribution in [-0.4, -0.2) is 44.0 Å². The molecule has 0 fully saturated rings. The van der Waals surface area contributed by atoms with Gasteiger partial charge in [-0.1, -0.05) is 30.3 Å². The fraction of sp³-hybridized carbons (Fsp3) is 0.348. The number of nitrogens with one attached hydrogen (secondary N) is 3. The molecule has 0 bridgehead atoms. The van der Waals surface area contributed by atoms with Gasteiger partial charge in [-0.25, -0.2) is 0 Å². The van der Waals surface area contributed by atoms with Crippen LogP contribution < -0.4 is 31.6 Å². The normalized spacial score (nSPS) is 12.4. The fourth-order valence-corrected chi connectivity index (χ4v) is 3.03. The Kier molecular flexibility index (Phi) is 9.03. The summed E-state index contributed by atoms with van der Waals surface area (Å²) in [7, 11) is 3.15. The Morgan fingerprint density at radius 2 is 1.75 bits per heavy atom. The molecule has 2 aromatic rings. The number of benzene rings is 2. The van der Waals surface area contributed by atoms with E-state index in [1.165, 1.54) is 0 Å². The van der Waals surface area contributed by atoms with Crippen molar-refractivity contribution < 1.29 is 19.1 Å². The van der Waals surface area contributed by atoms with Crippen molar-refractivity contribution in [3.63, 3.8) is 0 Å². The Hall–Kier alpha value is -3.59. The smallest absolute Gasteiger partial charge is 0.242 e. The standard InChI is InChI=1S/C23H31N5O4/c1-14(22(29)27-13-15-4-6-17(7-5-15)21(25)26)28-23(30)19(24)11-9-16-8-10-18(31-2)12-20(16)32-3/h4-8,10,12,14,19H,9,11,13,24H2,1-3H3,(H3,25,26)(H,27,29)(H,28,30)/t14-,19+/m0/s1.